The lowest BCUT2D eigenvalue weighted by Crippen LogP contribution is -2.43. The third-order valence-electron chi connectivity index (χ3n) is 2.36. The molecule has 1 rings (SSSR count). The number of imide groups is 1. The molecule has 1 aromatic rings. The lowest BCUT2D eigenvalue weighted by atomic mass is 10.3. The largest absolute Gasteiger partial charge is 0.449 e. The van der Waals surface area contributed by atoms with E-state index in [0.29, 0.717) is 11.0 Å². The standard InChI is InChI=1S/C12H14F3N3O3/c1-2-21-12(20)18(6-5-16)11(19)17-8-4-3-7(13)9(14)10(8)15/h3-4H,2,5-6,16H2,1H3,(H,17,19). The van der Waals surface area contributed by atoms with Gasteiger partial charge in [0.05, 0.1) is 12.3 Å². The van der Waals surface area contributed by atoms with Crippen molar-refractivity contribution >= 4 is 17.8 Å². The first-order valence-electron chi connectivity index (χ1n) is 6.01. The predicted octanol–water partition coefficient (Wildman–Crippen LogP) is 2.05. The number of carbonyl (C=O) groups is 2. The van der Waals surface area contributed by atoms with E-state index in [1.54, 1.807) is 0 Å². The number of amides is 3. The molecule has 0 unspecified atom stereocenters. The maximum absolute atomic E-state index is 13.4. The lowest BCUT2D eigenvalue weighted by Gasteiger charge is -2.20. The van der Waals surface area contributed by atoms with Crippen molar-refractivity contribution in [3.05, 3.63) is 29.6 Å². The van der Waals surface area contributed by atoms with E-state index in [2.05, 4.69) is 4.74 Å². The summed E-state index contributed by atoms with van der Waals surface area (Å²) in [7, 11) is 0. The van der Waals surface area contributed by atoms with Gasteiger partial charge in [-0.3, -0.25) is 0 Å². The fraction of sp³-hybridized carbons (Fsp3) is 0.333. The predicted molar refractivity (Wildman–Crippen MR) is 68.1 cm³/mol. The van der Waals surface area contributed by atoms with Gasteiger partial charge in [-0.2, -0.15) is 0 Å². The van der Waals surface area contributed by atoms with Gasteiger partial charge >= 0.3 is 12.1 Å². The molecule has 6 nitrogen and oxygen atoms in total. The van der Waals surface area contributed by atoms with Crippen LogP contribution in [0.4, 0.5) is 28.4 Å². The molecule has 0 radical (unpaired) electrons. The zero-order valence-electron chi connectivity index (χ0n) is 11.2. The first-order chi connectivity index (χ1) is 9.92. The first kappa shape index (κ1) is 16.8. The molecule has 0 heterocycles. The summed E-state index contributed by atoms with van der Waals surface area (Å²) in [6.45, 7) is 1.32. The van der Waals surface area contributed by atoms with Crippen molar-refractivity contribution in [2.45, 2.75) is 6.92 Å². The average molecular weight is 305 g/mol. The molecule has 116 valence electrons. The Hall–Kier alpha value is -2.29. The summed E-state index contributed by atoms with van der Waals surface area (Å²) in [6.07, 6.45) is -0.983. The van der Waals surface area contributed by atoms with Crippen LogP contribution in [-0.4, -0.2) is 36.7 Å². The number of urea groups is 1. The van der Waals surface area contributed by atoms with Crippen molar-refractivity contribution in [2.75, 3.05) is 25.0 Å². The Morgan fingerprint density at radius 3 is 2.52 bits per heavy atom. The van der Waals surface area contributed by atoms with Crippen LogP contribution in [0.25, 0.3) is 0 Å². The second kappa shape index (κ2) is 7.48. The van der Waals surface area contributed by atoms with Gasteiger partial charge in [0.1, 0.15) is 0 Å². The molecule has 9 heteroatoms. The van der Waals surface area contributed by atoms with E-state index < -0.39 is 35.3 Å². The summed E-state index contributed by atoms with van der Waals surface area (Å²) < 4.78 is 43.9. The molecule has 0 bridgehead atoms. The Morgan fingerprint density at radius 1 is 1.29 bits per heavy atom. The van der Waals surface area contributed by atoms with E-state index >= 15 is 0 Å². The highest BCUT2D eigenvalue weighted by molar-refractivity contribution is 5.99. The van der Waals surface area contributed by atoms with Gasteiger partial charge in [-0.1, -0.05) is 0 Å². The number of anilines is 1. The van der Waals surface area contributed by atoms with E-state index in [-0.39, 0.29) is 19.7 Å². The van der Waals surface area contributed by atoms with Gasteiger partial charge < -0.3 is 15.8 Å². The van der Waals surface area contributed by atoms with E-state index in [0.717, 1.165) is 6.07 Å². The Kier molecular flexibility index (Phi) is 5.97. The highest BCUT2D eigenvalue weighted by Crippen LogP contribution is 2.20. The van der Waals surface area contributed by atoms with Crippen LogP contribution < -0.4 is 11.1 Å². The molecule has 1 aromatic carbocycles. The molecule has 3 amide bonds. The number of rotatable bonds is 4. The van der Waals surface area contributed by atoms with Crippen LogP contribution >= 0.6 is 0 Å². The molecule has 0 aliphatic heterocycles. The summed E-state index contributed by atoms with van der Waals surface area (Å²) in [5.74, 6) is -4.69. The molecule has 0 saturated carbocycles. The number of nitrogens with zero attached hydrogens (tertiary/aromatic N) is 1. The quantitative estimate of drug-likeness (QED) is 0.834. The van der Waals surface area contributed by atoms with Crippen molar-refractivity contribution in [3.63, 3.8) is 0 Å². The number of halogens is 3. The van der Waals surface area contributed by atoms with Gasteiger partial charge in [0.15, 0.2) is 17.5 Å². The maximum atomic E-state index is 13.4. The van der Waals surface area contributed by atoms with E-state index in [1.165, 1.54) is 6.92 Å². The SMILES string of the molecule is CCOC(=O)N(CCN)C(=O)Nc1ccc(F)c(F)c1F. The van der Waals surface area contributed by atoms with Crippen LogP contribution in [-0.2, 0) is 4.74 Å². The maximum Gasteiger partial charge on any atom is 0.418 e. The summed E-state index contributed by atoms with van der Waals surface area (Å²) in [5.41, 5.74) is 4.65. The van der Waals surface area contributed by atoms with Crippen LogP contribution in [0.3, 0.4) is 0 Å². The van der Waals surface area contributed by atoms with Gasteiger partial charge in [-0.25, -0.2) is 27.7 Å². The Bertz CT molecular complexity index is 540. The van der Waals surface area contributed by atoms with E-state index in [9.17, 15) is 22.8 Å². The van der Waals surface area contributed by atoms with Crippen LogP contribution in [0.2, 0.25) is 0 Å². The van der Waals surface area contributed by atoms with Crippen LogP contribution in [0.1, 0.15) is 6.92 Å². The second-order valence-corrected chi connectivity index (χ2v) is 3.79. The lowest BCUT2D eigenvalue weighted by molar-refractivity contribution is 0.118. The molecule has 0 aromatic heterocycles. The number of benzene rings is 1. The fourth-order valence-corrected chi connectivity index (χ4v) is 1.41. The number of hydrogen-bond donors (Lipinski definition) is 2. The number of ether oxygens (including phenoxy) is 1. The number of carbonyl (C=O) groups excluding carboxylic acids is 2. The highest BCUT2D eigenvalue weighted by Gasteiger charge is 2.24. The monoisotopic (exact) mass is 305 g/mol. The summed E-state index contributed by atoms with van der Waals surface area (Å²) in [4.78, 5) is 24.0. The summed E-state index contributed by atoms with van der Waals surface area (Å²) in [6, 6.07) is 0.409. The topological polar surface area (TPSA) is 84.7 Å². The molecule has 21 heavy (non-hydrogen) atoms. The normalized spacial score (nSPS) is 10.1. The molecule has 0 fully saturated rings. The number of nitrogens with one attached hydrogen (secondary N) is 1. The van der Waals surface area contributed by atoms with Gasteiger partial charge in [0.2, 0.25) is 0 Å². The summed E-state index contributed by atoms with van der Waals surface area (Å²) in [5, 5.41) is 1.95. The van der Waals surface area contributed by atoms with E-state index in [1.807, 2.05) is 5.32 Å². The van der Waals surface area contributed by atoms with Crippen molar-refractivity contribution in [1.29, 1.82) is 0 Å². The minimum atomic E-state index is -1.73. The molecule has 0 aliphatic carbocycles. The average Bonchev–Trinajstić information content (AvgIpc) is 2.45. The molecule has 3 N–H and O–H groups in total. The van der Waals surface area contributed by atoms with Crippen molar-refractivity contribution < 1.29 is 27.5 Å². The van der Waals surface area contributed by atoms with Crippen LogP contribution in [0.5, 0.6) is 0 Å². The minimum absolute atomic E-state index is 0.0206. The minimum Gasteiger partial charge on any atom is -0.449 e. The molecular weight excluding hydrogens is 291 g/mol. The van der Waals surface area contributed by atoms with Crippen molar-refractivity contribution in [2.24, 2.45) is 5.73 Å². The van der Waals surface area contributed by atoms with Crippen molar-refractivity contribution in [3.8, 4) is 0 Å². The van der Waals surface area contributed by atoms with Gasteiger partial charge in [-0.05, 0) is 19.1 Å². The number of nitrogens with two attached hydrogens (primary N) is 1. The van der Waals surface area contributed by atoms with Crippen molar-refractivity contribution in [1.82, 2.24) is 4.90 Å². The molecule has 0 spiro atoms. The fourth-order valence-electron chi connectivity index (χ4n) is 1.41. The van der Waals surface area contributed by atoms with Gasteiger partial charge in [0.25, 0.3) is 0 Å². The Morgan fingerprint density at radius 2 is 1.95 bits per heavy atom. The second-order valence-electron chi connectivity index (χ2n) is 3.79. The van der Waals surface area contributed by atoms with Gasteiger partial charge in [0, 0.05) is 13.1 Å². The van der Waals surface area contributed by atoms with Crippen LogP contribution in [0, 0.1) is 17.5 Å². The van der Waals surface area contributed by atoms with E-state index in [4.69, 9.17) is 5.73 Å². The third-order valence-corrected chi connectivity index (χ3v) is 2.36. The highest BCUT2D eigenvalue weighted by atomic mass is 19.2. The third kappa shape index (κ3) is 4.09. The smallest absolute Gasteiger partial charge is 0.418 e. The molecule has 0 aliphatic rings. The molecule has 0 atom stereocenters. The zero-order chi connectivity index (χ0) is 16.0. The van der Waals surface area contributed by atoms with Crippen LogP contribution in [0.15, 0.2) is 12.1 Å². The molecular formula is C12H14F3N3O3. The first-order valence-corrected chi connectivity index (χ1v) is 6.01. The molecule has 0 saturated heterocycles. The zero-order valence-corrected chi connectivity index (χ0v) is 11.2. The van der Waals surface area contributed by atoms with Gasteiger partial charge in [-0.15, -0.1) is 0 Å². The Balaban J connectivity index is 2.91. The Labute approximate surface area is 118 Å². The number of hydrogen-bond acceptors (Lipinski definition) is 4. The summed E-state index contributed by atoms with van der Waals surface area (Å²) >= 11 is 0.